The maximum Gasteiger partial charge on any atom is 0.176 e. The molecule has 1 unspecified atom stereocenters. The molecule has 4 rings (SSSR count). The molecule has 2 aromatic heterocycles. The van der Waals surface area contributed by atoms with Gasteiger partial charge in [-0.05, 0) is 30.9 Å². The van der Waals surface area contributed by atoms with Crippen molar-refractivity contribution in [1.82, 2.24) is 24.0 Å². The summed E-state index contributed by atoms with van der Waals surface area (Å²) in [6.07, 6.45) is 10.3. The Morgan fingerprint density at radius 1 is 1.00 bits per heavy atom. The first-order valence-electron chi connectivity index (χ1n) is 9.07. The molecule has 25 heavy (non-hydrogen) atoms. The van der Waals surface area contributed by atoms with E-state index in [-0.39, 0.29) is 0 Å². The number of piperidine rings is 1. The highest BCUT2D eigenvalue weighted by Crippen LogP contribution is 2.26. The zero-order valence-electron chi connectivity index (χ0n) is 14.8. The number of nitrogens with zero attached hydrogens (tertiary/aromatic N) is 5. The molecule has 5 nitrogen and oxygen atoms in total. The summed E-state index contributed by atoms with van der Waals surface area (Å²) < 4.78 is 4.24. The maximum absolute atomic E-state index is 4.51. The van der Waals surface area contributed by atoms with Crippen molar-refractivity contribution >= 4 is 0 Å². The van der Waals surface area contributed by atoms with Crippen LogP contribution >= 0.6 is 0 Å². The number of hydrogen-bond acceptors (Lipinski definition) is 3. The Labute approximate surface area is 148 Å². The van der Waals surface area contributed by atoms with E-state index in [2.05, 4.69) is 56.0 Å². The second kappa shape index (κ2) is 7.23. The van der Waals surface area contributed by atoms with Crippen LogP contribution in [0.1, 0.15) is 24.3 Å². The highest BCUT2D eigenvalue weighted by molar-refractivity contribution is 5.44. The summed E-state index contributed by atoms with van der Waals surface area (Å²) in [4.78, 5) is 11.5. The first kappa shape index (κ1) is 16.1. The topological polar surface area (TPSA) is 38.9 Å². The smallest absolute Gasteiger partial charge is 0.176 e. The minimum absolute atomic E-state index is 0.659. The van der Waals surface area contributed by atoms with E-state index >= 15 is 0 Å². The molecule has 0 saturated carbocycles. The molecule has 0 aliphatic carbocycles. The third kappa shape index (κ3) is 3.51. The summed E-state index contributed by atoms with van der Waals surface area (Å²) in [7, 11) is 2.01. The molecule has 0 N–H and O–H groups in total. The Bertz CT molecular complexity index is 804. The minimum atomic E-state index is 0.659. The van der Waals surface area contributed by atoms with Gasteiger partial charge in [0.25, 0.3) is 0 Å². The van der Waals surface area contributed by atoms with E-state index in [0.29, 0.717) is 5.92 Å². The third-order valence-corrected chi connectivity index (χ3v) is 5.17. The zero-order chi connectivity index (χ0) is 17.1. The fraction of sp³-hybridized carbons (Fsp3) is 0.400. The monoisotopic (exact) mass is 335 g/mol. The predicted octanol–water partition coefficient (Wildman–Crippen LogP) is 3.16. The van der Waals surface area contributed by atoms with Gasteiger partial charge in [0.2, 0.25) is 0 Å². The average Bonchev–Trinajstić information content (AvgIpc) is 3.29. The van der Waals surface area contributed by atoms with Crippen LogP contribution < -0.4 is 0 Å². The standard InChI is InChI=1S/C20H25N5/c1-23-12-9-21-19(23)20-22-10-13-25(20)15-14-24-11-5-8-18(16-24)17-6-3-2-4-7-17/h2-4,6-7,9-10,12-13,18H,5,8,11,14-16H2,1H3. The molecule has 0 spiro atoms. The van der Waals surface area contributed by atoms with Crippen molar-refractivity contribution in [3.63, 3.8) is 0 Å². The van der Waals surface area contributed by atoms with Crippen molar-refractivity contribution < 1.29 is 0 Å². The lowest BCUT2D eigenvalue weighted by atomic mass is 9.91. The van der Waals surface area contributed by atoms with Crippen LogP contribution in [0.15, 0.2) is 55.1 Å². The van der Waals surface area contributed by atoms with Gasteiger partial charge < -0.3 is 14.0 Å². The minimum Gasteiger partial charge on any atom is -0.331 e. The Balaban J connectivity index is 1.41. The van der Waals surface area contributed by atoms with Crippen LogP contribution in [0.25, 0.3) is 11.6 Å². The normalized spacial score (nSPS) is 18.5. The van der Waals surface area contributed by atoms with Crippen molar-refractivity contribution in [3.05, 3.63) is 60.7 Å². The van der Waals surface area contributed by atoms with Gasteiger partial charge in [-0.15, -0.1) is 0 Å². The first-order valence-corrected chi connectivity index (χ1v) is 9.07. The van der Waals surface area contributed by atoms with Gasteiger partial charge >= 0.3 is 0 Å². The summed E-state index contributed by atoms with van der Waals surface area (Å²) in [5, 5.41) is 0. The third-order valence-electron chi connectivity index (χ3n) is 5.17. The van der Waals surface area contributed by atoms with Crippen molar-refractivity contribution in [2.24, 2.45) is 7.05 Å². The van der Waals surface area contributed by atoms with E-state index in [1.54, 1.807) is 0 Å². The number of benzene rings is 1. The van der Waals surface area contributed by atoms with Crippen LogP contribution in [0.3, 0.4) is 0 Å². The second-order valence-corrected chi connectivity index (χ2v) is 6.86. The molecular weight excluding hydrogens is 310 g/mol. The number of imidazole rings is 2. The number of likely N-dealkylation sites (tertiary alicyclic amines) is 1. The predicted molar refractivity (Wildman–Crippen MR) is 99.3 cm³/mol. The van der Waals surface area contributed by atoms with Crippen LogP contribution in [-0.4, -0.2) is 43.6 Å². The molecule has 3 aromatic rings. The molecule has 1 aliphatic rings. The molecule has 1 aromatic carbocycles. The Kier molecular flexibility index (Phi) is 4.65. The first-order chi connectivity index (χ1) is 12.3. The fourth-order valence-electron chi connectivity index (χ4n) is 3.78. The van der Waals surface area contributed by atoms with Crippen LogP contribution in [-0.2, 0) is 13.6 Å². The van der Waals surface area contributed by atoms with E-state index in [0.717, 1.165) is 31.3 Å². The summed E-state index contributed by atoms with van der Waals surface area (Å²) >= 11 is 0. The molecule has 1 saturated heterocycles. The summed E-state index contributed by atoms with van der Waals surface area (Å²) in [5.74, 6) is 2.53. The van der Waals surface area contributed by atoms with Gasteiger partial charge in [-0.1, -0.05) is 30.3 Å². The number of rotatable bonds is 5. The Hall–Kier alpha value is -2.40. The maximum atomic E-state index is 4.51. The lowest BCUT2D eigenvalue weighted by Crippen LogP contribution is -2.36. The number of aryl methyl sites for hydroxylation is 1. The van der Waals surface area contributed by atoms with E-state index in [1.807, 2.05) is 30.2 Å². The fourth-order valence-corrected chi connectivity index (χ4v) is 3.78. The van der Waals surface area contributed by atoms with E-state index < -0.39 is 0 Å². The largest absolute Gasteiger partial charge is 0.331 e. The SMILES string of the molecule is Cn1ccnc1-c1nccn1CCN1CCCC(c2ccccc2)C1. The van der Waals surface area contributed by atoms with E-state index in [4.69, 9.17) is 0 Å². The molecule has 0 radical (unpaired) electrons. The molecule has 5 heteroatoms. The van der Waals surface area contributed by atoms with Gasteiger partial charge in [-0.2, -0.15) is 0 Å². The molecule has 130 valence electrons. The van der Waals surface area contributed by atoms with Gasteiger partial charge in [0.05, 0.1) is 0 Å². The highest BCUT2D eigenvalue weighted by atomic mass is 15.2. The second-order valence-electron chi connectivity index (χ2n) is 6.86. The zero-order valence-corrected chi connectivity index (χ0v) is 14.8. The molecule has 3 heterocycles. The molecule has 0 bridgehead atoms. The Morgan fingerprint density at radius 3 is 2.60 bits per heavy atom. The molecule has 1 atom stereocenters. The van der Waals surface area contributed by atoms with Crippen LogP contribution in [0, 0.1) is 0 Å². The van der Waals surface area contributed by atoms with Crippen molar-refractivity contribution in [1.29, 1.82) is 0 Å². The van der Waals surface area contributed by atoms with Gasteiger partial charge in [-0.25, -0.2) is 9.97 Å². The van der Waals surface area contributed by atoms with E-state index in [9.17, 15) is 0 Å². The summed E-state index contributed by atoms with van der Waals surface area (Å²) in [6.45, 7) is 4.34. The molecular formula is C20H25N5. The lowest BCUT2D eigenvalue weighted by Gasteiger charge is -2.33. The quantitative estimate of drug-likeness (QED) is 0.719. The van der Waals surface area contributed by atoms with Gasteiger partial charge in [0.15, 0.2) is 11.6 Å². The van der Waals surface area contributed by atoms with Gasteiger partial charge in [0.1, 0.15) is 0 Å². The summed E-state index contributed by atoms with van der Waals surface area (Å²) in [6, 6.07) is 10.9. The molecule has 1 fully saturated rings. The van der Waals surface area contributed by atoms with Gasteiger partial charge in [0, 0.05) is 51.5 Å². The number of hydrogen-bond donors (Lipinski definition) is 0. The van der Waals surface area contributed by atoms with Gasteiger partial charge in [-0.3, -0.25) is 0 Å². The van der Waals surface area contributed by atoms with Crippen LogP contribution in [0.4, 0.5) is 0 Å². The van der Waals surface area contributed by atoms with Crippen molar-refractivity contribution in [3.8, 4) is 11.6 Å². The van der Waals surface area contributed by atoms with Crippen molar-refractivity contribution in [2.45, 2.75) is 25.3 Å². The molecule has 1 aliphatic heterocycles. The lowest BCUT2D eigenvalue weighted by molar-refractivity contribution is 0.201. The number of aromatic nitrogens is 4. The van der Waals surface area contributed by atoms with Crippen LogP contribution in [0.2, 0.25) is 0 Å². The van der Waals surface area contributed by atoms with Crippen LogP contribution in [0.5, 0.6) is 0 Å². The highest BCUT2D eigenvalue weighted by Gasteiger charge is 2.21. The average molecular weight is 335 g/mol. The molecule has 0 amide bonds. The van der Waals surface area contributed by atoms with Crippen molar-refractivity contribution in [2.75, 3.05) is 19.6 Å². The summed E-state index contributed by atoms with van der Waals surface area (Å²) in [5.41, 5.74) is 1.48. The Morgan fingerprint density at radius 2 is 1.80 bits per heavy atom. The van der Waals surface area contributed by atoms with E-state index in [1.165, 1.54) is 24.9 Å².